The average Bonchev–Trinajstić information content (AvgIpc) is 2.04. The zero-order valence-electron chi connectivity index (χ0n) is 7.13. The Morgan fingerprint density at radius 3 is 2.85 bits per heavy atom. The second kappa shape index (κ2) is 3.97. The summed E-state index contributed by atoms with van der Waals surface area (Å²) in [5, 5.41) is 0. The van der Waals surface area contributed by atoms with Crippen LogP contribution in [-0.4, -0.2) is 51.0 Å². The molecule has 1 rings (SSSR count). The average molecular weight is 206 g/mol. The van der Waals surface area contributed by atoms with Crippen molar-refractivity contribution >= 4 is 16.1 Å². The van der Waals surface area contributed by atoms with Crippen LogP contribution in [0.4, 0.5) is 0 Å². The van der Waals surface area contributed by atoms with Crippen molar-refractivity contribution in [3.8, 4) is 0 Å². The van der Waals surface area contributed by atoms with E-state index in [0.717, 1.165) is 10.6 Å². The third kappa shape index (κ3) is 2.60. The maximum atomic E-state index is 11.2. The summed E-state index contributed by atoms with van der Waals surface area (Å²) in [6.45, 7) is 0.676. The van der Waals surface area contributed by atoms with E-state index in [-0.39, 0.29) is 13.2 Å². The number of nitrogens with zero attached hydrogens (tertiary/aromatic N) is 2. The molecule has 1 heterocycles. The van der Waals surface area contributed by atoms with E-state index in [1.54, 1.807) is 0 Å². The monoisotopic (exact) mass is 206 g/mol. The molecule has 1 unspecified atom stereocenters. The van der Waals surface area contributed by atoms with Crippen molar-refractivity contribution in [2.45, 2.75) is 6.17 Å². The summed E-state index contributed by atoms with van der Waals surface area (Å²) < 4.78 is 28.4. The van der Waals surface area contributed by atoms with E-state index in [4.69, 9.17) is 4.74 Å². The normalized spacial score (nSPS) is 25.2. The lowest BCUT2D eigenvalue weighted by atomic mass is 10.4. The summed E-state index contributed by atoms with van der Waals surface area (Å²) >= 11 is 0. The second-order valence-corrected chi connectivity index (χ2v) is 4.58. The van der Waals surface area contributed by atoms with Gasteiger partial charge in [-0.2, -0.15) is 9.30 Å². The highest BCUT2D eigenvalue weighted by molar-refractivity contribution is 7.88. The van der Waals surface area contributed by atoms with E-state index in [9.17, 15) is 13.2 Å². The van der Waals surface area contributed by atoms with Gasteiger partial charge in [0, 0.05) is 6.54 Å². The molecule has 0 aromatic carbocycles. The molecule has 1 atom stereocenters. The summed E-state index contributed by atoms with van der Waals surface area (Å²) in [6, 6.07) is 0. The van der Waals surface area contributed by atoms with Gasteiger partial charge in [0.15, 0.2) is 6.17 Å². The first-order valence-corrected chi connectivity index (χ1v) is 5.52. The minimum atomic E-state index is -3.32. The van der Waals surface area contributed by atoms with Crippen LogP contribution in [0.15, 0.2) is 4.99 Å². The van der Waals surface area contributed by atoms with Crippen LogP contribution in [0, 0.1) is 0 Å². The molecule has 13 heavy (non-hydrogen) atoms. The number of hydrogen-bond donors (Lipinski definition) is 0. The lowest BCUT2D eigenvalue weighted by Gasteiger charge is -2.29. The lowest BCUT2D eigenvalue weighted by Crippen LogP contribution is -2.47. The van der Waals surface area contributed by atoms with Crippen molar-refractivity contribution in [3.05, 3.63) is 0 Å². The van der Waals surface area contributed by atoms with Crippen molar-refractivity contribution in [2.24, 2.45) is 4.99 Å². The fraction of sp³-hybridized carbons (Fsp3) is 0.833. The predicted octanol–water partition coefficient (Wildman–Crippen LogP) is -1.06. The van der Waals surface area contributed by atoms with Crippen LogP contribution in [0.5, 0.6) is 0 Å². The minimum Gasteiger partial charge on any atom is -0.376 e. The Morgan fingerprint density at radius 2 is 2.31 bits per heavy atom. The molecule has 6 nitrogen and oxygen atoms in total. The molecule has 0 aromatic rings. The van der Waals surface area contributed by atoms with Gasteiger partial charge in [0.05, 0.1) is 19.5 Å². The van der Waals surface area contributed by atoms with Gasteiger partial charge >= 0.3 is 0 Å². The topological polar surface area (TPSA) is 76.0 Å². The van der Waals surface area contributed by atoms with Gasteiger partial charge < -0.3 is 4.74 Å². The first-order valence-electron chi connectivity index (χ1n) is 3.67. The fourth-order valence-electron chi connectivity index (χ4n) is 1.12. The van der Waals surface area contributed by atoms with Crippen LogP contribution in [-0.2, 0) is 19.6 Å². The number of sulfonamides is 1. The molecule has 0 amide bonds. The number of isocyanates is 1. The van der Waals surface area contributed by atoms with Crippen LogP contribution in [0.2, 0.25) is 0 Å². The van der Waals surface area contributed by atoms with Crippen molar-refractivity contribution < 1.29 is 17.9 Å². The minimum absolute atomic E-state index is 0.113. The third-order valence-electron chi connectivity index (χ3n) is 1.68. The molecule has 0 aliphatic carbocycles. The molecule has 0 aromatic heterocycles. The molecular formula is C6H10N2O4S. The molecule has 0 spiro atoms. The lowest BCUT2D eigenvalue weighted by molar-refractivity contribution is 0.0362. The van der Waals surface area contributed by atoms with Crippen molar-refractivity contribution in [2.75, 3.05) is 26.0 Å². The quantitative estimate of drug-likeness (QED) is 0.426. The Hall–Kier alpha value is -0.750. The molecule has 1 saturated heterocycles. The van der Waals surface area contributed by atoms with Gasteiger partial charge in [-0.05, 0) is 0 Å². The van der Waals surface area contributed by atoms with Gasteiger partial charge in [0.25, 0.3) is 0 Å². The molecular weight excluding hydrogens is 196 g/mol. The summed E-state index contributed by atoms with van der Waals surface area (Å²) in [4.78, 5) is 13.3. The summed E-state index contributed by atoms with van der Waals surface area (Å²) in [5.41, 5.74) is 0. The van der Waals surface area contributed by atoms with Gasteiger partial charge in [-0.25, -0.2) is 13.2 Å². The third-order valence-corrected chi connectivity index (χ3v) is 2.96. The fourth-order valence-corrected chi connectivity index (χ4v) is 2.08. The molecule has 0 radical (unpaired) electrons. The summed E-state index contributed by atoms with van der Waals surface area (Å²) in [6.07, 6.45) is 1.65. The Bertz CT molecular complexity index is 320. The molecule has 1 aliphatic rings. The van der Waals surface area contributed by atoms with Gasteiger partial charge in [-0.3, -0.25) is 0 Å². The maximum Gasteiger partial charge on any atom is 0.236 e. The smallest absolute Gasteiger partial charge is 0.236 e. The molecule has 1 fully saturated rings. The number of hydrogen-bond acceptors (Lipinski definition) is 5. The van der Waals surface area contributed by atoms with Gasteiger partial charge in [0.1, 0.15) is 0 Å². The Morgan fingerprint density at radius 1 is 1.62 bits per heavy atom. The number of carbonyl (C=O) groups excluding carboxylic acids is 1. The van der Waals surface area contributed by atoms with Crippen LogP contribution in [0.1, 0.15) is 0 Å². The van der Waals surface area contributed by atoms with Crippen LogP contribution in [0.25, 0.3) is 0 Å². The zero-order chi connectivity index (χ0) is 9.90. The predicted molar refractivity (Wildman–Crippen MR) is 44.3 cm³/mol. The van der Waals surface area contributed by atoms with E-state index in [1.165, 1.54) is 6.08 Å². The van der Waals surface area contributed by atoms with Gasteiger partial charge in [-0.1, -0.05) is 0 Å². The van der Waals surface area contributed by atoms with Gasteiger partial charge in [-0.15, -0.1) is 0 Å². The van der Waals surface area contributed by atoms with Gasteiger partial charge in [0.2, 0.25) is 16.1 Å². The van der Waals surface area contributed by atoms with E-state index >= 15 is 0 Å². The van der Waals surface area contributed by atoms with E-state index in [1.807, 2.05) is 0 Å². The summed E-state index contributed by atoms with van der Waals surface area (Å²) in [5.74, 6) is 0. The number of aliphatic imine (C=N–C) groups is 1. The molecule has 0 N–H and O–H groups in total. The van der Waals surface area contributed by atoms with Crippen molar-refractivity contribution in [1.29, 1.82) is 0 Å². The molecule has 0 saturated carbocycles. The highest BCUT2D eigenvalue weighted by atomic mass is 32.2. The summed E-state index contributed by atoms with van der Waals surface area (Å²) in [7, 11) is -3.32. The van der Waals surface area contributed by atoms with E-state index < -0.39 is 16.2 Å². The first kappa shape index (κ1) is 10.3. The van der Waals surface area contributed by atoms with Crippen molar-refractivity contribution in [3.63, 3.8) is 0 Å². The Kier molecular flexibility index (Phi) is 3.16. The van der Waals surface area contributed by atoms with Crippen molar-refractivity contribution in [1.82, 2.24) is 4.31 Å². The highest BCUT2D eigenvalue weighted by Crippen LogP contribution is 2.11. The van der Waals surface area contributed by atoms with Crippen LogP contribution in [0.3, 0.4) is 0 Å². The van der Waals surface area contributed by atoms with E-state index in [2.05, 4.69) is 4.99 Å². The second-order valence-electron chi connectivity index (χ2n) is 2.65. The SMILES string of the molecule is CS(=O)(=O)N1CCOCC1N=C=O. The molecule has 74 valence electrons. The van der Waals surface area contributed by atoms with Crippen LogP contribution < -0.4 is 0 Å². The number of morpholine rings is 1. The molecule has 0 bridgehead atoms. The largest absolute Gasteiger partial charge is 0.376 e. The van der Waals surface area contributed by atoms with Crippen LogP contribution >= 0.6 is 0 Å². The number of rotatable bonds is 2. The Balaban J connectivity index is 2.85. The first-order chi connectivity index (χ1) is 6.05. The standard InChI is InChI=1S/C6H10N2O4S/c1-13(10,11)8-2-3-12-4-6(8)7-5-9/h6H,2-4H2,1H3. The van der Waals surface area contributed by atoms with E-state index in [0.29, 0.717) is 6.61 Å². The Labute approximate surface area is 76.2 Å². The number of ether oxygens (including phenoxy) is 1. The molecule has 7 heteroatoms. The highest BCUT2D eigenvalue weighted by Gasteiger charge is 2.29. The zero-order valence-corrected chi connectivity index (χ0v) is 7.95. The molecule has 1 aliphatic heterocycles. The maximum absolute atomic E-state index is 11.2.